The fraction of sp³-hybridized carbons (Fsp3) is 0.174. The fourth-order valence-electron chi connectivity index (χ4n) is 3.52. The number of aromatic carboxylic acids is 1. The Morgan fingerprint density at radius 2 is 1.74 bits per heavy atom. The molecule has 15 heteroatoms. The minimum Gasteiger partial charge on any atom is -0.476 e. The van der Waals surface area contributed by atoms with Gasteiger partial charge in [-0.05, 0) is 48.9 Å². The monoisotopic (exact) mass is 549 g/mol. The van der Waals surface area contributed by atoms with Gasteiger partial charge in [0.1, 0.15) is 12.2 Å². The third kappa shape index (κ3) is 6.39. The topological polar surface area (TPSA) is 154 Å². The number of halogens is 4. The van der Waals surface area contributed by atoms with Gasteiger partial charge < -0.3 is 20.7 Å². The third-order valence-corrected chi connectivity index (χ3v) is 5.47. The third-order valence-electron chi connectivity index (χ3n) is 5.22. The van der Waals surface area contributed by atoms with Gasteiger partial charge in [-0.25, -0.2) is 24.1 Å². The zero-order valence-electron chi connectivity index (χ0n) is 19.3. The van der Waals surface area contributed by atoms with E-state index in [2.05, 4.69) is 30.9 Å². The summed E-state index contributed by atoms with van der Waals surface area (Å²) in [4.78, 5) is 46.5. The van der Waals surface area contributed by atoms with Crippen molar-refractivity contribution in [2.75, 3.05) is 16.0 Å². The number of hydrogen-bond acceptors (Lipinski definition) is 5. The van der Waals surface area contributed by atoms with Gasteiger partial charge in [0.05, 0.1) is 11.0 Å². The fourth-order valence-corrected chi connectivity index (χ4v) is 3.65. The summed E-state index contributed by atoms with van der Waals surface area (Å²) in [5.41, 5.74) is 0.297. The number of alkyl halides is 3. The zero-order chi connectivity index (χ0) is 27.4. The lowest BCUT2D eigenvalue weighted by Crippen LogP contribution is -2.21. The van der Waals surface area contributed by atoms with E-state index < -0.39 is 24.2 Å². The van der Waals surface area contributed by atoms with Crippen LogP contribution in [0.5, 0.6) is 0 Å². The van der Waals surface area contributed by atoms with Crippen LogP contribution in [0, 0.1) is 0 Å². The van der Waals surface area contributed by atoms with Crippen LogP contribution in [-0.4, -0.2) is 42.5 Å². The summed E-state index contributed by atoms with van der Waals surface area (Å²) in [7, 11) is 0. The molecule has 0 unspecified atom stereocenters. The number of aryl methyl sites for hydroxylation is 1. The Morgan fingerprint density at radius 1 is 1.03 bits per heavy atom. The van der Waals surface area contributed by atoms with Gasteiger partial charge in [0.2, 0.25) is 5.91 Å². The number of aromatic amines is 1. The molecule has 11 nitrogen and oxygen atoms in total. The van der Waals surface area contributed by atoms with Crippen LogP contribution in [0.2, 0.25) is 5.02 Å². The van der Waals surface area contributed by atoms with E-state index in [9.17, 15) is 32.7 Å². The number of hydrogen-bond donors (Lipinski definition) is 5. The van der Waals surface area contributed by atoms with E-state index in [1.54, 1.807) is 24.3 Å². The number of urea groups is 1. The van der Waals surface area contributed by atoms with Crippen LogP contribution in [0.3, 0.4) is 0 Å². The molecule has 5 N–H and O–H groups in total. The molecule has 4 rings (SSSR count). The molecule has 3 amide bonds. The van der Waals surface area contributed by atoms with Crippen molar-refractivity contribution in [2.24, 2.45) is 0 Å². The average Bonchev–Trinajstić information content (AvgIpc) is 3.44. The van der Waals surface area contributed by atoms with Gasteiger partial charge in [-0.15, -0.1) is 13.2 Å². The summed E-state index contributed by atoms with van der Waals surface area (Å²) < 4.78 is 39.0. The molecule has 0 fully saturated rings. The summed E-state index contributed by atoms with van der Waals surface area (Å²) in [5.74, 6) is -1.72. The van der Waals surface area contributed by atoms with Crippen LogP contribution in [0.4, 0.5) is 35.2 Å². The summed E-state index contributed by atoms with van der Waals surface area (Å²) in [6, 6.07) is 9.42. The van der Waals surface area contributed by atoms with Crippen molar-refractivity contribution in [1.82, 2.24) is 19.5 Å². The van der Waals surface area contributed by atoms with E-state index in [0.717, 1.165) is 0 Å². The molecule has 0 aliphatic rings. The number of nitrogens with one attached hydrogen (secondary N) is 4. The van der Waals surface area contributed by atoms with Crippen molar-refractivity contribution in [3.8, 4) is 0 Å². The van der Waals surface area contributed by atoms with E-state index in [1.807, 2.05) is 0 Å². The van der Waals surface area contributed by atoms with Crippen molar-refractivity contribution < 1.29 is 32.7 Å². The summed E-state index contributed by atoms with van der Waals surface area (Å²) >= 11 is 5.80. The summed E-state index contributed by atoms with van der Waals surface area (Å²) in [5, 5.41) is 17.4. The molecule has 0 saturated heterocycles. The lowest BCUT2D eigenvalue weighted by atomic mass is 10.2. The first-order valence-corrected chi connectivity index (χ1v) is 11.4. The van der Waals surface area contributed by atoms with Crippen LogP contribution in [-0.2, 0) is 17.5 Å². The molecular weight excluding hydrogens is 531 g/mol. The number of amides is 3. The van der Waals surface area contributed by atoms with Crippen LogP contribution >= 0.6 is 11.6 Å². The largest absolute Gasteiger partial charge is 0.490 e. The van der Waals surface area contributed by atoms with Crippen LogP contribution in [0.25, 0.3) is 11.0 Å². The lowest BCUT2D eigenvalue weighted by Gasteiger charge is -2.09. The van der Waals surface area contributed by atoms with E-state index in [0.29, 0.717) is 17.0 Å². The van der Waals surface area contributed by atoms with Gasteiger partial charge in [0, 0.05) is 29.2 Å². The average molecular weight is 550 g/mol. The Bertz CT molecular complexity index is 1500. The molecule has 0 saturated carbocycles. The van der Waals surface area contributed by atoms with E-state index in [1.165, 1.54) is 18.2 Å². The highest BCUT2D eigenvalue weighted by Gasteiger charge is 2.32. The molecular formula is C23H19ClF3N7O4. The zero-order valence-corrected chi connectivity index (χ0v) is 20.0. The number of nitrogens with zero attached hydrogens (tertiary/aromatic N) is 3. The van der Waals surface area contributed by atoms with E-state index in [4.69, 9.17) is 11.6 Å². The predicted octanol–water partition coefficient (Wildman–Crippen LogP) is 5.19. The molecule has 0 spiro atoms. The number of fused-ring (bicyclic) bond motifs is 1. The Kier molecular flexibility index (Phi) is 7.52. The first-order valence-electron chi connectivity index (χ1n) is 11.0. The Hall–Kier alpha value is -4.59. The number of carboxylic acid groups (broad SMARTS) is 1. The van der Waals surface area contributed by atoms with Crippen molar-refractivity contribution in [3.05, 3.63) is 65.3 Å². The Labute approximate surface area is 217 Å². The van der Waals surface area contributed by atoms with Crippen molar-refractivity contribution in [3.63, 3.8) is 0 Å². The van der Waals surface area contributed by atoms with Gasteiger partial charge in [0.15, 0.2) is 11.5 Å². The van der Waals surface area contributed by atoms with Gasteiger partial charge >= 0.3 is 18.3 Å². The molecule has 2 aromatic heterocycles. The maximum absolute atomic E-state index is 13.0. The highest BCUT2D eigenvalue weighted by Crippen LogP contribution is 2.28. The van der Waals surface area contributed by atoms with Gasteiger partial charge in [-0.1, -0.05) is 11.6 Å². The minimum atomic E-state index is -4.61. The number of H-pyrrole nitrogens is 1. The number of carbonyl (C=O) groups excluding carboxylic acids is 2. The van der Waals surface area contributed by atoms with E-state index >= 15 is 0 Å². The number of aromatic nitrogens is 4. The minimum absolute atomic E-state index is 0.0119. The number of anilines is 3. The standard InChI is InChI=1S/C23H19ClF3N7O4/c24-12-4-6-13(7-5-12)30-22(38)33-20-19(21(36)37)31-17(32-20)2-1-3-18(35)29-14-8-9-16-15(10-14)28-11-34(16)23(25,26)27/h4-11H,1-3H2,(H,29,35)(H,31,32)(H,36,37)(H2,30,33,38). The number of imidazole rings is 2. The molecule has 0 aliphatic heterocycles. The first-order chi connectivity index (χ1) is 18.0. The smallest absolute Gasteiger partial charge is 0.476 e. The number of rotatable bonds is 8. The van der Waals surface area contributed by atoms with Crippen molar-refractivity contribution in [2.45, 2.75) is 25.6 Å². The molecule has 0 atom stereocenters. The number of benzene rings is 2. The molecule has 4 aromatic rings. The number of carbonyl (C=O) groups is 3. The van der Waals surface area contributed by atoms with Gasteiger partial charge in [0.25, 0.3) is 0 Å². The Balaban J connectivity index is 1.32. The molecule has 0 aliphatic carbocycles. The quantitative estimate of drug-likeness (QED) is 0.204. The van der Waals surface area contributed by atoms with Crippen LogP contribution in [0.1, 0.15) is 29.2 Å². The maximum atomic E-state index is 13.0. The SMILES string of the molecule is O=C(CCCc1nc(NC(=O)Nc2ccc(Cl)cc2)c(C(=O)O)[nH]1)Nc1ccc2c(c1)ncn2C(F)(F)F. The second-order valence-electron chi connectivity index (χ2n) is 7.99. The number of carboxylic acids is 1. The van der Waals surface area contributed by atoms with Gasteiger partial charge in [-0.2, -0.15) is 0 Å². The highest BCUT2D eigenvalue weighted by atomic mass is 35.5. The molecule has 0 radical (unpaired) electrons. The van der Waals surface area contributed by atoms with Crippen molar-refractivity contribution in [1.29, 1.82) is 0 Å². The molecule has 198 valence electrons. The normalized spacial score (nSPS) is 11.4. The summed E-state index contributed by atoms with van der Waals surface area (Å²) in [6.07, 6.45) is -3.49. The second kappa shape index (κ2) is 10.8. The lowest BCUT2D eigenvalue weighted by molar-refractivity contribution is -0.201. The molecule has 38 heavy (non-hydrogen) atoms. The maximum Gasteiger partial charge on any atom is 0.490 e. The van der Waals surface area contributed by atoms with E-state index in [-0.39, 0.29) is 57.9 Å². The second-order valence-corrected chi connectivity index (χ2v) is 8.42. The summed E-state index contributed by atoms with van der Waals surface area (Å²) in [6.45, 7) is 0. The van der Waals surface area contributed by atoms with Crippen LogP contribution in [0.15, 0.2) is 48.8 Å². The highest BCUT2D eigenvalue weighted by molar-refractivity contribution is 6.30. The van der Waals surface area contributed by atoms with Crippen molar-refractivity contribution >= 4 is 57.7 Å². The Morgan fingerprint density at radius 3 is 2.42 bits per heavy atom. The molecule has 2 heterocycles. The first kappa shape index (κ1) is 26.5. The molecule has 2 aromatic carbocycles. The van der Waals surface area contributed by atoms with Crippen LogP contribution < -0.4 is 16.0 Å². The molecule has 0 bridgehead atoms. The predicted molar refractivity (Wildman–Crippen MR) is 132 cm³/mol. The van der Waals surface area contributed by atoms with Gasteiger partial charge in [-0.3, -0.25) is 10.1 Å².